The van der Waals surface area contributed by atoms with Crippen molar-refractivity contribution in [3.05, 3.63) is 40.7 Å². The molecule has 0 aliphatic heterocycles. The average Bonchev–Trinajstić information content (AvgIpc) is 2.74. The lowest BCUT2D eigenvalue weighted by Gasteiger charge is -2.08. The largest absolute Gasteiger partial charge is 0.321 e. The number of nitrogens with one attached hydrogen (secondary N) is 2. The van der Waals surface area contributed by atoms with Gasteiger partial charge in [0.05, 0.1) is 16.9 Å². The van der Waals surface area contributed by atoms with Crippen molar-refractivity contribution in [2.75, 3.05) is 10.7 Å². The number of hydrogen-bond donors (Lipinski definition) is 3. The van der Waals surface area contributed by atoms with Crippen molar-refractivity contribution in [3.8, 4) is 0 Å². The van der Waals surface area contributed by atoms with Crippen LogP contribution in [0, 0.1) is 12.7 Å². The van der Waals surface area contributed by atoms with Crippen LogP contribution in [0.4, 0.5) is 15.2 Å². The molecule has 0 aliphatic rings. The van der Waals surface area contributed by atoms with E-state index in [2.05, 4.69) is 15.7 Å². The van der Waals surface area contributed by atoms with Crippen LogP contribution >= 0.6 is 11.3 Å². The Morgan fingerprint density at radius 1 is 1.50 bits per heavy atom. The molecule has 1 aromatic heterocycles. The highest BCUT2D eigenvalue weighted by Crippen LogP contribution is 2.21. The molecule has 0 radical (unpaired) electrons. The van der Waals surface area contributed by atoms with E-state index in [1.165, 1.54) is 29.5 Å². The molecular formula is C11H11FN4OS. The average molecular weight is 266 g/mol. The Morgan fingerprint density at radius 3 is 2.89 bits per heavy atom. The predicted molar refractivity (Wildman–Crippen MR) is 69.0 cm³/mol. The van der Waals surface area contributed by atoms with E-state index in [0.717, 1.165) is 5.69 Å². The number of rotatable bonds is 3. The summed E-state index contributed by atoms with van der Waals surface area (Å²) < 4.78 is 13.4. The standard InChI is InChI=1S/C11H11FN4OS/c1-6-5-18-11(14-6)15-10(17)7-3-2-4-8(12)9(7)16-13/h2-5,16H,13H2,1H3,(H,14,15,17). The van der Waals surface area contributed by atoms with Crippen LogP contribution in [-0.2, 0) is 0 Å². The number of para-hydroxylation sites is 1. The molecule has 7 heteroatoms. The number of hydrazine groups is 1. The van der Waals surface area contributed by atoms with Crippen LogP contribution in [0.2, 0.25) is 0 Å². The third kappa shape index (κ3) is 2.47. The van der Waals surface area contributed by atoms with Crippen molar-refractivity contribution >= 4 is 28.1 Å². The molecule has 0 fully saturated rings. The van der Waals surface area contributed by atoms with E-state index in [4.69, 9.17) is 5.84 Å². The number of benzene rings is 1. The molecule has 0 aliphatic carbocycles. The number of nitrogens with two attached hydrogens (primary N) is 1. The molecule has 1 amide bonds. The van der Waals surface area contributed by atoms with Crippen molar-refractivity contribution in [2.45, 2.75) is 6.92 Å². The van der Waals surface area contributed by atoms with E-state index in [9.17, 15) is 9.18 Å². The summed E-state index contributed by atoms with van der Waals surface area (Å²) in [5.41, 5.74) is 3.09. The number of hydrogen-bond acceptors (Lipinski definition) is 5. The van der Waals surface area contributed by atoms with Gasteiger partial charge in [0.2, 0.25) is 0 Å². The molecular weight excluding hydrogens is 255 g/mol. The highest BCUT2D eigenvalue weighted by molar-refractivity contribution is 7.13. The van der Waals surface area contributed by atoms with Crippen LogP contribution in [0.5, 0.6) is 0 Å². The van der Waals surface area contributed by atoms with E-state index >= 15 is 0 Å². The van der Waals surface area contributed by atoms with Crippen LogP contribution in [0.3, 0.4) is 0 Å². The number of carbonyl (C=O) groups is 1. The maximum atomic E-state index is 13.4. The zero-order valence-corrected chi connectivity index (χ0v) is 10.3. The normalized spacial score (nSPS) is 10.2. The lowest BCUT2D eigenvalue weighted by Crippen LogP contribution is -2.18. The molecule has 0 atom stereocenters. The zero-order chi connectivity index (χ0) is 13.1. The molecule has 2 rings (SSSR count). The molecule has 0 saturated heterocycles. The fourth-order valence-corrected chi connectivity index (χ4v) is 2.12. The minimum atomic E-state index is -0.583. The minimum Gasteiger partial charge on any atom is -0.321 e. The van der Waals surface area contributed by atoms with E-state index < -0.39 is 11.7 Å². The summed E-state index contributed by atoms with van der Waals surface area (Å²) in [6, 6.07) is 4.14. The van der Waals surface area contributed by atoms with E-state index in [1.54, 1.807) is 0 Å². The minimum absolute atomic E-state index is 0.0386. The molecule has 0 unspecified atom stereocenters. The summed E-state index contributed by atoms with van der Waals surface area (Å²) in [4.78, 5) is 16.0. The number of halogens is 1. The fraction of sp³-hybridized carbons (Fsp3) is 0.0909. The summed E-state index contributed by atoms with van der Waals surface area (Å²) in [5.74, 6) is 4.16. The molecule has 5 nitrogen and oxygen atoms in total. The number of anilines is 2. The van der Waals surface area contributed by atoms with Gasteiger partial charge in [-0.3, -0.25) is 16.0 Å². The molecule has 18 heavy (non-hydrogen) atoms. The number of nitrogens with zero attached hydrogens (tertiary/aromatic N) is 1. The van der Waals surface area contributed by atoms with E-state index in [1.807, 2.05) is 12.3 Å². The first-order chi connectivity index (χ1) is 8.61. The van der Waals surface area contributed by atoms with Crippen molar-refractivity contribution in [1.82, 2.24) is 4.98 Å². The molecule has 94 valence electrons. The van der Waals surface area contributed by atoms with Crippen molar-refractivity contribution in [1.29, 1.82) is 0 Å². The summed E-state index contributed by atoms with van der Waals surface area (Å²) in [5, 5.41) is 4.86. The maximum Gasteiger partial charge on any atom is 0.259 e. The molecule has 1 heterocycles. The number of amides is 1. The van der Waals surface area contributed by atoms with E-state index in [0.29, 0.717) is 5.13 Å². The second kappa shape index (κ2) is 5.11. The second-order valence-corrected chi connectivity index (χ2v) is 4.41. The topological polar surface area (TPSA) is 80.0 Å². The Morgan fingerprint density at radius 2 is 2.28 bits per heavy atom. The first-order valence-corrected chi connectivity index (χ1v) is 5.98. The molecule has 0 spiro atoms. The van der Waals surface area contributed by atoms with Crippen molar-refractivity contribution in [3.63, 3.8) is 0 Å². The van der Waals surface area contributed by atoms with E-state index in [-0.39, 0.29) is 11.3 Å². The van der Waals surface area contributed by atoms with Crippen LogP contribution < -0.4 is 16.6 Å². The SMILES string of the molecule is Cc1csc(NC(=O)c2cccc(F)c2NN)n1. The number of aryl methyl sites for hydroxylation is 1. The molecule has 0 bridgehead atoms. The maximum absolute atomic E-state index is 13.4. The highest BCUT2D eigenvalue weighted by atomic mass is 32.1. The van der Waals surface area contributed by atoms with Crippen molar-refractivity contribution in [2.24, 2.45) is 5.84 Å². The molecule has 1 aromatic carbocycles. The Kier molecular flexibility index (Phi) is 3.54. The van der Waals surface area contributed by atoms with Gasteiger partial charge in [0.15, 0.2) is 5.13 Å². The lowest BCUT2D eigenvalue weighted by molar-refractivity contribution is 0.102. The number of nitrogen functional groups attached to an aromatic ring is 1. The zero-order valence-electron chi connectivity index (χ0n) is 9.53. The van der Waals surface area contributed by atoms with Gasteiger partial charge >= 0.3 is 0 Å². The molecule has 0 saturated carbocycles. The Hall–Kier alpha value is -1.99. The van der Waals surface area contributed by atoms with Gasteiger partial charge in [0.1, 0.15) is 5.82 Å². The first-order valence-electron chi connectivity index (χ1n) is 5.10. The van der Waals surface area contributed by atoms with Gasteiger partial charge in [0, 0.05) is 5.38 Å². The number of carbonyl (C=O) groups excluding carboxylic acids is 1. The van der Waals surface area contributed by atoms with Gasteiger partial charge in [-0.05, 0) is 19.1 Å². The van der Waals surface area contributed by atoms with Crippen LogP contribution in [0.1, 0.15) is 16.1 Å². The van der Waals surface area contributed by atoms with Gasteiger partial charge in [-0.15, -0.1) is 11.3 Å². The van der Waals surface area contributed by atoms with Crippen LogP contribution in [-0.4, -0.2) is 10.9 Å². The fourth-order valence-electron chi connectivity index (χ4n) is 1.44. The summed E-state index contributed by atoms with van der Waals surface area (Å²) in [7, 11) is 0. The number of aromatic nitrogens is 1. The monoisotopic (exact) mass is 266 g/mol. The Balaban J connectivity index is 2.26. The first kappa shape index (κ1) is 12.5. The second-order valence-electron chi connectivity index (χ2n) is 3.55. The summed E-state index contributed by atoms with van der Waals surface area (Å²) in [6.45, 7) is 1.82. The Labute approximate surface area is 107 Å². The van der Waals surface area contributed by atoms with Crippen molar-refractivity contribution < 1.29 is 9.18 Å². The lowest BCUT2D eigenvalue weighted by atomic mass is 10.1. The third-order valence-corrected chi connectivity index (χ3v) is 3.12. The van der Waals surface area contributed by atoms with Gasteiger partial charge in [-0.1, -0.05) is 6.07 Å². The van der Waals surface area contributed by atoms with Crippen LogP contribution in [0.15, 0.2) is 23.6 Å². The Bertz CT molecular complexity index is 584. The quantitative estimate of drug-likeness (QED) is 0.587. The van der Waals surface area contributed by atoms with Gasteiger partial charge < -0.3 is 5.43 Å². The van der Waals surface area contributed by atoms with Gasteiger partial charge in [-0.25, -0.2) is 9.37 Å². The summed E-state index contributed by atoms with van der Waals surface area (Å²) in [6.07, 6.45) is 0. The van der Waals surface area contributed by atoms with Crippen LogP contribution in [0.25, 0.3) is 0 Å². The van der Waals surface area contributed by atoms with Gasteiger partial charge in [0.25, 0.3) is 5.91 Å². The smallest absolute Gasteiger partial charge is 0.259 e. The third-order valence-electron chi connectivity index (χ3n) is 2.24. The summed E-state index contributed by atoms with van der Waals surface area (Å²) >= 11 is 1.30. The number of thiazole rings is 1. The predicted octanol–water partition coefficient (Wildman–Crippen LogP) is 2.13. The molecule has 2 aromatic rings. The molecule has 4 N–H and O–H groups in total. The highest BCUT2D eigenvalue weighted by Gasteiger charge is 2.15. The van der Waals surface area contributed by atoms with Gasteiger partial charge in [-0.2, -0.15) is 0 Å².